The summed E-state index contributed by atoms with van der Waals surface area (Å²) >= 11 is 0. The zero-order chi connectivity index (χ0) is 19.6. The van der Waals surface area contributed by atoms with Gasteiger partial charge in [0.25, 0.3) is 0 Å². The largest absolute Gasteiger partial charge is 0.493 e. The lowest BCUT2D eigenvalue weighted by molar-refractivity contribution is 0.109. The van der Waals surface area contributed by atoms with E-state index in [0.29, 0.717) is 47.7 Å². The van der Waals surface area contributed by atoms with Crippen LogP contribution in [0.4, 0.5) is 0 Å². The van der Waals surface area contributed by atoms with E-state index in [2.05, 4.69) is 0 Å². The van der Waals surface area contributed by atoms with Crippen LogP contribution in [0.3, 0.4) is 0 Å². The highest BCUT2D eigenvalue weighted by Gasteiger charge is 2.31. The molecule has 1 heterocycles. The van der Waals surface area contributed by atoms with Crippen LogP contribution in [0.15, 0.2) is 12.1 Å². The molecule has 0 fully saturated rings. The van der Waals surface area contributed by atoms with Gasteiger partial charge in [-0.15, -0.1) is 0 Å². The third-order valence-corrected chi connectivity index (χ3v) is 4.59. The number of fused-ring (bicyclic) bond motifs is 3. The van der Waals surface area contributed by atoms with Gasteiger partial charge in [0.15, 0.2) is 23.0 Å². The second-order valence-electron chi connectivity index (χ2n) is 5.85. The normalized spacial score (nSPS) is 12.4. The van der Waals surface area contributed by atoms with Crippen LogP contribution in [0.2, 0.25) is 0 Å². The molecule has 0 saturated carbocycles. The van der Waals surface area contributed by atoms with E-state index in [1.165, 1.54) is 0 Å². The summed E-state index contributed by atoms with van der Waals surface area (Å²) in [4.78, 5) is 0. The molecule has 1 aliphatic heterocycles. The van der Waals surface area contributed by atoms with Crippen molar-refractivity contribution < 1.29 is 33.2 Å². The molecule has 0 unspecified atom stereocenters. The lowest BCUT2D eigenvalue weighted by Gasteiger charge is -2.22. The van der Waals surface area contributed by atoms with E-state index in [-0.39, 0.29) is 0 Å². The maximum Gasteiger partial charge on any atom is 0.203 e. The molecule has 0 saturated heterocycles. The molecule has 27 heavy (non-hydrogen) atoms. The number of methoxy groups -OCH3 is 6. The van der Waals surface area contributed by atoms with Crippen LogP contribution < -0.4 is 28.4 Å². The number of rotatable bonds is 6. The molecule has 7 nitrogen and oxygen atoms in total. The van der Waals surface area contributed by atoms with Gasteiger partial charge in [0.1, 0.15) is 0 Å². The smallest absolute Gasteiger partial charge is 0.203 e. The Kier molecular flexibility index (Phi) is 5.51. The predicted octanol–water partition coefficient (Wildman–Crippen LogP) is 3.44. The molecule has 0 aliphatic carbocycles. The highest BCUT2D eigenvalue weighted by molar-refractivity contribution is 5.88. The number of hydrogen-bond acceptors (Lipinski definition) is 7. The number of benzene rings is 2. The van der Waals surface area contributed by atoms with Crippen molar-refractivity contribution in [3.63, 3.8) is 0 Å². The van der Waals surface area contributed by atoms with Gasteiger partial charge in [0.2, 0.25) is 11.5 Å². The molecule has 0 aromatic heterocycles. The Morgan fingerprint density at radius 2 is 0.926 bits per heavy atom. The third-order valence-electron chi connectivity index (χ3n) is 4.59. The van der Waals surface area contributed by atoms with Crippen LogP contribution in [0.25, 0.3) is 11.1 Å². The summed E-state index contributed by atoms with van der Waals surface area (Å²) in [6.45, 7) is 0.767. The Morgan fingerprint density at radius 3 is 1.22 bits per heavy atom. The molecule has 7 heteroatoms. The SMILES string of the molecule is COc1cc2c(c(OC)c1OC)-c1c(cc(OC)c(OC)c1OC)COC2. The van der Waals surface area contributed by atoms with Gasteiger partial charge in [0.05, 0.1) is 55.9 Å². The molecule has 2 aromatic rings. The van der Waals surface area contributed by atoms with Crippen LogP contribution in [0, 0.1) is 0 Å². The van der Waals surface area contributed by atoms with E-state index >= 15 is 0 Å². The van der Waals surface area contributed by atoms with Gasteiger partial charge in [-0.25, -0.2) is 0 Å². The standard InChI is InChI=1S/C20H24O7/c1-21-13-7-11-9-27-10-12-8-14(22-2)18(24-4)20(26-6)16(12)15(11)19(25-5)17(13)23-3/h7-8H,9-10H2,1-6H3. The predicted molar refractivity (Wildman–Crippen MR) is 99.7 cm³/mol. The van der Waals surface area contributed by atoms with Gasteiger partial charge >= 0.3 is 0 Å². The molecule has 0 radical (unpaired) electrons. The Balaban J connectivity index is 2.45. The van der Waals surface area contributed by atoms with Gasteiger partial charge in [-0.2, -0.15) is 0 Å². The van der Waals surface area contributed by atoms with Crippen molar-refractivity contribution in [2.45, 2.75) is 13.2 Å². The first-order valence-electron chi connectivity index (χ1n) is 8.36. The van der Waals surface area contributed by atoms with Gasteiger partial charge in [0, 0.05) is 11.1 Å². The van der Waals surface area contributed by atoms with E-state index < -0.39 is 0 Å². The third kappa shape index (κ3) is 2.98. The second-order valence-corrected chi connectivity index (χ2v) is 5.85. The average molecular weight is 376 g/mol. The fraction of sp³-hybridized carbons (Fsp3) is 0.400. The van der Waals surface area contributed by atoms with Gasteiger partial charge in [-0.05, 0) is 23.3 Å². The number of ether oxygens (including phenoxy) is 7. The maximum atomic E-state index is 5.89. The van der Waals surface area contributed by atoms with Crippen LogP contribution in [-0.4, -0.2) is 42.7 Å². The minimum absolute atomic E-state index is 0.383. The highest BCUT2D eigenvalue weighted by Crippen LogP contribution is 2.55. The van der Waals surface area contributed by atoms with Crippen LogP contribution >= 0.6 is 0 Å². The van der Waals surface area contributed by atoms with E-state index in [1.54, 1.807) is 42.7 Å². The summed E-state index contributed by atoms with van der Waals surface area (Å²) in [5.41, 5.74) is 3.43. The fourth-order valence-electron chi connectivity index (χ4n) is 3.46. The minimum Gasteiger partial charge on any atom is -0.493 e. The fourth-order valence-corrected chi connectivity index (χ4v) is 3.46. The molecule has 0 atom stereocenters. The Bertz CT molecular complexity index is 776. The first-order chi connectivity index (χ1) is 13.1. The van der Waals surface area contributed by atoms with Crippen molar-refractivity contribution in [1.29, 1.82) is 0 Å². The molecule has 3 rings (SSSR count). The quantitative estimate of drug-likeness (QED) is 0.765. The molecular weight excluding hydrogens is 352 g/mol. The zero-order valence-corrected chi connectivity index (χ0v) is 16.4. The van der Waals surface area contributed by atoms with E-state index in [0.717, 1.165) is 22.3 Å². The van der Waals surface area contributed by atoms with Crippen molar-refractivity contribution in [2.24, 2.45) is 0 Å². The molecule has 146 valence electrons. The monoisotopic (exact) mass is 376 g/mol. The van der Waals surface area contributed by atoms with E-state index in [1.807, 2.05) is 12.1 Å². The lowest BCUT2D eigenvalue weighted by atomic mass is 9.93. The van der Waals surface area contributed by atoms with Crippen LogP contribution in [-0.2, 0) is 18.0 Å². The highest BCUT2D eigenvalue weighted by atomic mass is 16.5. The zero-order valence-electron chi connectivity index (χ0n) is 16.4. The average Bonchev–Trinajstić information content (AvgIpc) is 2.89. The molecule has 2 aromatic carbocycles. The minimum atomic E-state index is 0.383. The van der Waals surface area contributed by atoms with Gasteiger partial charge in [-0.3, -0.25) is 0 Å². The first kappa shape index (κ1) is 19.0. The first-order valence-corrected chi connectivity index (χ1v) is 8.36. The van der Waals surface area contributed by atoms with Gasteiger partial charge < -0.3 is 33.2 Å². The van der Waals surface area contributed by atoms with Crippen LogP contribution in [0.1, 0.15) is 11.1 Å². The molecule has 0 bridgehead atoms. The number of hydrogen-bond donors (Lipinski definition) is 0. The molecular formula is C20H24O7. The van der Waals surface area contributed by atoms with Crippen LogP contribution in [0.5, 0.6) is 34.5 Å². The van der Waals surface area contributed by atoms with Crippen molar-refractivity contribution in [2.75, 3.05) is 42.7 Å². The summed E-state index contributed by atoms with van der Waals surface area (Å²) in [6, 6.07) is 3.78. The molecule has 0 spiro atoms. The summed E-state index contributed by atoms with van der Waals surface area (Å²) in [6.07, 6.45) is 0. The molecule has 1 aliphatic rings. The summed E-state index contributed by atoms with van der Waals surface area (Å²) in [5, 5.41) is 0. The Labute approximate surface area is 158 Å². The van der Waals surface area contributed by atoms with Crippen molar-refractivity contribution in [3.05, 3.63) is 23.3 Å². The van der Waals surface area contributed by atoms with Crippen molar-refractivity contribution in [3.8, 4) is 45.6 Å². The summed E-state index contributed by atoms with van der Waals surface area (Å²) in [7, 11) is 9.51. The molecule has 0 amide bonds. The van der Waals surface area contributed by atoms with Crippen molar-refractivity contribution >= 4 is 0 Å². The van der Waals surface area contributed by atoms with E-state index in [4.69, 9.17) is 33.2 Å². The molecule has 0 N–H and O–H groups in total. The van der Waals surface area contributed by atoms with E-state index in [9.17, 15) is 0 Å². The second kappa shape index (κ2) is 7.84. The van der Waals surface area contributed by atoms with Gasteiger partial charge in [-0.1, -0.05) is 0 Å². The van der Waals surface area contributed by atoms with Crippen molar-refractivity contribution in [1.82, 2.24) is 0 Å². The lowest BCUT2D eigenvalue weighted by Crippen LogP contribution is -2.03. The Hall–Kier alpha value is -2.80. The topological polar surface area (TPSA) is 64.6 Å². The maximum absolute atomic E-state index is 5.89. The summed E-state index contributed by atoms with van der Waals surface area (Å²) in [5.74, 6) is 3.24. The summed E-state index contributed by atoms with van der Waals surface area (Å²) < 4.78 is 39.4. The Morgan fingerprint density at radius 1 is 0.556 bits per heavy atom.